The lowest BCUT2D eigenvalue weighted by atomic mass is 10.0. The van der Waals surface area contributed by atoms with Crippen molar-refractivity contribution in [3.8, 4) is 5.88 Å². The smallest absolute Gasteiger partial charge is 0.266 e. The summed E-state index contributed by atoms with van der Waals surface area (Å²) in [7, 11) is 3.64. The lowest BCUT2D eigenvalue weighted by molar-refractivity contribution is 0.146. The minimum atomic E-state index is -2.88. The van der Waals surface area contributed by atoms with Crippen molar-refractivity contribution in [3.63, 3.8) is 0 Å². The molecule has 0 spiro atoms. The van der Waals surface area contributed by atoms with Gasteiger partial charge >= 0.3 is 0 Å². The number of aromatic nitrogens is 3. The van der Waals surface area contributed by atoms with Gasteiger partial charge in [-0.1, -0.05) is 18.2 Å². The molecule has 0 bridgehead atoms. The third kappa shape index (κ3) is 4.27. The molecule has 170 valence electrons. The Morgan fingerprint density at radius 1 is 1.09 bits per heavy atom. The number of hydrogen-bond acceptors (Lipinski definition) is 7. The van der Waals surface area contributed by atoms with Gasteiger partial charge in [0, 0.05) is 31.7 Å². The molecule has 0 unspecified atom stereocenters. The molecule has 7 nitrogen and oxygen atoms in total. The molecule has 32 heavy (non-hydrogen) atoms. The van der Waals surface area contributed by atoms with E-state index < -0.39 is 23.8 Å². The van der Waals surface area contributed by atoms with Gasteiger partial charge in [0.05, 0.1) is 24.1 Å². The molecule has 3 heterocycles. The molecule has 1 saturated heterocycles. The first-order chi connectivity index (χ1) is 15.4. The van der Waals surface area contributed by atoms with Crippen LogP contribution in [0.4, 0.5) is 24.7 Å². The highest BCUT2D eigenvalue weighted by Gasteiger charge is 2.23. The van der Waals surface area contributed by atoms with E-state index in [1.165, 1.54) is 18.5 Å². The predicted molar refractivity (Wildman–Crippen MR) is 117 cm³/mol. The van der Waals surface area contributed by atoms with Crippen LogP contribution in [0.25, 0.3) is 11.0 Å². The largest absolute Gasteiger partial charge is 0.479 e. The molecule has 1 atom stereocenters. The number of methoxy groups -OCH3 is 1. The minimum absolute atomic E-state index is 0.135. The van der Waals surface area contributed by atoms with Crippen LogP contribution in [0.5, 0.6) is 5.88 Å². The number of rotatable bonds is 6. The number of nitrogens with one attached hydrogen (secondary N) is 1. The minimum Gasteiger partial charge on any atom is -0.479 e. The predicted octanol–water partition coefficient (Wildman–Crippen LogP) is 4.04. The van der Waals surface area contributed by atoms with Crippen LogP contribution in [0, 0.1) is 5.82 Å². The van der Waals surface area contributed by atoms with Crippen molar-refractivity contribution in [2.45, 2.75) is 19.4 Å². The van der Waals surface area contributed by atoms with Gasteiger partial charge in [0.2, 0.25) is 5.88 Å². The number of fused-ring (bicyclic) bond motifs is 1. The standard InChI is InChI=1S/C22H25F3N6O/c1-13(14-5-4-6-15(18(14)23)19(24)25)28-20-16-11-17(31-9-7-30(2)8-10-31)22(32-3)29-21(16)27-12-26-20/h4-6,11-13,19H,7-10H2,1-3H3,(H,26,27,28,29)/t13-/m1/s1. The number of ether oxygens (including phenoxy) is 1. The van der Waals surface area contributed by atoms with Crippen molar-refractivity contribution in [2.75, 3.05) is 50.6 Å². The number of piperazine rings is 1. The van der Waals surface area contributed by atoms with Crippen LogP contribution in [0.1, 0.15) is 30.5 Å². The van der Waals surface area contributed by atoms with E-state index in [2.05, 4.69) is 37.1 Å². The number of alkyl halides is 2. The van der Waals surface area contributed by atoms with Gasteiger partial charge in [-0.15, -0.1) is 0 Å². The highest BCUT2D eigenvalue weighted by molar-refractivity contribution is 5.90. The van der Waals surface area contributed by atoms with Crippen molar-refractivity contribution < 1.29 is 17.9 Å². The van der Waals surface area contributed by atoms with Gasteiger partial charge < -0.3 is 19.9 Å². The summed E-state index contributed by atoms with van der Waals surface area (Å²) in [6.45, 7) is 5.15. The molecule has 0 radical (unpaired) electrons. The topological polar surface area (TPSA) is 66.4 Å². The molecule has 4 rings (SSSR count). The van der Waals surface area contributed by atoms with E-state index in [-0.39, 0.29) is 5.56 Å². The van der Waals surface area contributed by atoms with Crippen LogP contribution >= 0.6 is 0 Å². The summed E-state index contributed by atoms with van der Waals surface area (Å²) in [5.41, 5.74) is 0.762. The number of pyridine rings is 1. The highest BCUT2D eigenvalue weighted by Crippen LogP contribution is 2.34. The first-order valence-corrected chi connectivity index (χ1v) is 10.3. The lowest BCUT2D eigenvalue weighted by Gasteiger charge is -2.34. The molecular formula is C22H25F3N6O. The Bertz CT molecular complexity index is 1100. The average Bonchev–Trinajstić information content (AvgIpc) is 2.79. The normalized spacial score (nSPS) is 15.9. The van der Waals surface area contributed by atoms with Gasteiger partial charge in [0.15, 0.2) is 5.65 Å². The number of benzene rings is 1. The third-order valence-electron chi connectivity index (χ3n) is 5.72. The first-order valence-electron chi connectivity index (χ1n) is 10.3. The summed E-state index contributed by atoms with van der Waals surface area (Å²) in [5, 5.41) is 3.78. The SMILES string of the molecule is COc1nc2ncnc(N[C@H](C)c3cccc(C(F)F)c3F)c2cc1N1CCN(C)CC1. The zero-order chi connectivity index (χ0) is 22.8. The Labute approximate surface area is 184 Å². The molecule has 0 amide bonds. The van der Waals surface area contributed by atoms with Crippen molar-refractivity contribution >= 4 is 22.5 Å². The van der Waals surface area contributed by atoms with Gasteiger partial charge in [-0.25, -0.2) is 23.1 Å². The first kappa shape index (κ1) is 22.1. The van der Waals surface area contributed by atoms with Crippen LogP contribution < -0.4 is 15.0 Å². The molecule has 1 fully saturated rings. The molecule has 0 saturated carbocycles. The fourth-order valence-electron chi connectivity index (χ4n) is 3.85. The third-order valence-corrected chi connectivity index (χ3v) is 5.72. The number of nitrogens with zero attached hydrogens (tertiary/aromatic N) is 5. The maximum atomic E-state index is 14.6. The number of anilines is 2. The molecule has 1 N–H and O–H groups in total. The van der Waals surface area contributed by atoms with E-state index in [4.69, 9.17) is 4.74 Å². The number of halogens is 3. The van der Waals surface area contributed by atoms with E-state index in [0.717, 1.165) is 37.9 Å². The van der Waals surface area contributed by atoms with Crippen LogP contribution in [-0.4, -0.2) is 60.2 Å². The van der Waals surface area contributed by atoms with Crippen LogP contribution in [0.2, 0.25) is 0 Å². The Hall–Kier alpha value is -3.14. The van der Waals surface area contributed by atoms with E-state index in [9.17, 15) is 13.2 Å². The summed E-state index contributed by atoms with van der Waals surface area (Å²) in [4.78, 5) is 17.5. The summed E-state index contributed by atoms with van der Waals surface area (Å²) in [5.74, 6) is -0.0101. The van der Waals surface area contributed by atoms with Crippen molar-refractivity contribution in [1.29, 1.82) is 0 Å². The van der Waals surface area contributed by atoms with Crippen molar-refractivity contribution in [3.05, 3.63) is 47.5 Å². The molecule has 3 aromatic rings. The summed E-state index contributed by atoms with van der Waals surface area (Å²) in [6, 6.07) is 5.30. The molecule has 0 aliphatic carbocycles. The Morgan fingerprint density at radius 3 is 2.50 bits per heavy atom. The number of likely N-dealkylation sites (N-methyl/N-ethyl adjacent to an activating group) is 1. The summed E-state index contributed by atoms with van der Waals surface area (Å²) < 4.78 is 46.4. The fourth-order valence-corrected chi connectivity index (χ4v) is 3.85. The van der Waals surface area contributed by atoms with Crippen molar-refractivity contribution in [2.24, 2.45) is 0 Å². The molecular weight excluding hydrogens is 421 g/mol. The molecule has 10 heteroatoms. The van der Waals surface area contributed by atoms with Gasteiger partial charge in [-0.2, -0.15) is 4.98 Å². The van der Waals surface area contributed by atoms with Gasteiger partial charge in [-0.05, 0) is 20.0 Å². The molecule has 1 aromatic carbocycles. The van der Waals surface area contributed by atoms with Crippen LogP contribution in [0.15, 0.2) is 30.6 Å². The van der Waals surface area contributed by atoms with Gasteiger partial charge in [0.1, 0.15) is 23.6 Å². The Kier molecular flexibility index (Phi) is 6.31. The van der Waals surface area contributed by atoms with Crippen LogP contribution in [0.3, 0.4) is 0 Å². The Balaban J connectivity index is 1.70. The van der Waals surface area contributed by atoms with Crippen molar-refractivity contribution in [1.82, 2.24) is 19.9 Å². The van der Waals surface area contributed by atoms with Gasteiger partial charge in [0.25, 0.3) is 6.43 Å². The fraction of sp³-hybridized carbons (Fsp3) is 0.409. The zero-order valence-electron chi connectivity index (χ0n) is 18.1. The van der Waals surface area contributed by atoms with E-state index in [0.29, 0.717) is 22.7 Å². The zero-order valence-corrected chi connectivity index (χ0v) is 18.1. The Morgan fingerprint density at radius 2 is 1.81 bits per heavy atom. The highest BCUT2D eigenvalue weighted by atomic mass is 19.3. The number of hydrogen-bond donors (Lipinski definition) is 1. The van der Waals surface area contributed by atoms with E-state index in [1.807, 2.05) is 6.07 Å². The second-order valence-corrected chi connectivity index (χ2v) is 7.82. The van der Waals surface area contributed by atoms with Crippen LogP contribution in [-0.2, 0) is 0 Å². The second kappa shape index (κ2) is 9.15. The summed E-state index contributed by atoms with van der Waals surface area (Å²) >= 11 is 0. The molecule has 1 aliphatic rings. The van der Waals surface area contributed by atoms with E-state index >= 15 is 0 Å². The monoisotopic (exact) mass is 446 g/mol. The second-order valence-electron chi connectivity index (χ2n) is 7.82. The average molecular weight is 446 g/mol. The molecule has 2 aromatic heterocycles. The molecule has 1 aliphatic heterocycles. The summed E-state index contributed by atoms with van der Waals surface area (Å²) in [6.07, 6.45) is -1.53. The maximum absolute atomic E-state index is 14.6. The lowest BCUT2D eigenvalue weighted by Crippen LogP contribution is -2.44. The van der Waals surface area contributed by atoms with Gasteiger partial charge in [-0.3, -0.25) is 0 Å². The quantitative estimate of drug-likeness (QED) is 0.613. The maximum Gasteiger partial charge on any atom is 0.266 e. The van der Waals surface area contributed by atoms with E-state index in [1.54, 1.807) is 14.0 Å².